The molecule has 0 spiro atoms. The van der Waals surface area contributed by atoms with Crippen molar-refractivity contribution in [3.05, 3.63) is 66.4 Å². The van der Waals surface area contributed by atoms with Crippen LogP contribution in [0.25, 0.3) is 10.9 Å². The maximum Gasteiger partial charge on any atom is 0.0743 e. The van der Waals surface area contributed by atoms with E-state index in [1.165, 1.54) is 0 Å². The van der Waals surface area contributed by atoms with E-state index in [1.807, 2.05) is 42.5 Å². The number of benzene rings is 2. The SMILES string of the molecule is Nc1ccc(S(=O)Cc2cccc3cccnc23)cc1. The highest BCUT2D eigenvalue weighted by Gasteiger charge is 2.08. The number of nitrogen functional groups attached to an aromatic ring is 1. The van der Waals surface area contributed by atoms with Gasteiger partial charge >= 0.3 is 0 Å². The summed E-state index contributed by atoms with van der Waals surface area (Å²) >= 11 is 0. The molecule has 1 heterocycles. The number of anilines is 1. The number of nitrogens with zero attached hydrogens (tertiary/aromatic N) is 1. The van der Waals surface area contributed by atoms with E-state index in [1.54, 1.807) is 18.3 Å². The molecular weight excluding hydrogens is 268 g/mol. The van der Waals surface area contributed by atoms with Crippen molar-refractivity contribution in [2.45, 2.75) is 10.6 Å². The van der Waals surface area contributed by atoms with Crippen molar-refractivity contribution in [1.82, 2.24) is 4.98 Å². The summed E-state index contributed by atoms with van der Waals surface area (Å²) in [5, 5.41) is 1.07. The Morgan fingerprint density at radius 1 is 1.00 bits per heavy atom. The second kappa shape index (κ2) is 5.43. The average Bonchev–Trinajstić information content (AvgIpc) is 2.48. The maximum atomic E-state index is 12.4. The Bertz CT molecular complexity index is 764. The van der Waals surface area contributed by atoms with Crippen LogP contribution in [0.3, 0.4) is 0 Å². The monoisotopic (exact) mass is 282 g/mol. The highest BCUT2D eigenvalue weighted by Crippen LogP contribution is 2.20. The summed E-state index contributed by atoms with van der Waals surface area (Å²) in [7, 11) is -1.09. The molecule has 2 aromatic carbocycles. The van der Waals surface area contributed by atoms with E-state index in [0.29, 0.717) is 11.4 Å². The first-order valence-electron chi connectivity index (χ1n) is 6.30. The van der Waals surface area contributed by atoms with Gasteiger partial charge in [0.05, 0.1) is 22.1 Å². The molecule has 0 aliphatic heterocycles. The first-order chi connectivity index (χ1) is 9.74. The van der Waals surface area contributed by atoms with Crippen LogP contribution in [0.15, 0.2) is 65.7 Å². The molecule has 0 aliphatic carbocycles. The molecule has 3 rings (SSSR count). The Hall–Kier alpha value is -2.20. The van der Waals surface area contributed by atoms with Crippen LogP contribution in [-0.2, 0) is 16.6 Å². The number of pyridine rings is 1. The van der Waals surface area contributed by atoms with E-state index in [4.69, 9.17) is 5.73 Å². The molecule has 0 saturated carbocycles. The van der Waals surface area contributed by atoms with Crippen molar-refractivity contribution >= 4 is 27.4 Å². The summed E-state index contributed by atoms with van der Waals surface area (Å²) in [6.07, 6.45) is 1.76. The molecule has 0 amide bonds. The van der Waals surface area contributed by atoms with Crippen LogP contribution in [0.5, 0.6) is 0 Å². The predicted octanol–water partition coefficient (Wildman–Crippen LogP) is 3.12. The number of aromatic nitrogens is 1. The van der Waals surface area contributed by atoms with Gasteiger partial charge in [-0.25, -0.2) is 0 Å². The average molecular weight is 282 g/mol. The third-order valence-electron chi connectivity index (χ3n) is 3.15. The zero-order valence-electron chi connectivity index (χ0n) is 10.8. The fourth-order valence-corrected chi connectivity index (χ4v) is 3.25. The van der Waals surface area contributed by atoms with E-state index in [-0.39, 0.29) is 0 Å². The van der Waals surface area contributed by atoms with Gasteiger partial charge in [-0.3, -0.25) is 9.19 Å². The van der Waals surface area contributed by atoms with Crippen molar-refractivity contribution in [1.29, 1.82) is 0 Å². The molecular formula is C16H14N2OS. The Labute approximate surface area is 119 Å². The van der Waals surface area contributed by atoms with Crippen LogP contribution in [0.2, 0.25) is 0 Å². The van der Waals surface area contributed by atoms with E-state index in [9.17, 15) is 4.21 Å². The molecule has 0 aliphatic rings. The number of para-hydroxylation sites is 1. The smallest absolute Gasteiger partial charge is 0.0743 e. The normalized spacial score (nSPS) is 12.4. The summed E-state index contributed by atoms with van der Waals surface area (Å²) in [4.78, 5) is 5.17. The second-order valence-electron chi connectivity index (χ2n) is 4.55. The van der Waals surface area contributed by atoms with Crippen molar-refractivity contribution in [3.63, 3.8) is 0 Å². The fourth-order valence-electron chi connectivity index (χ4n) is 2.13. The first kappa shape index (κ1) is 12.8. The van der Waals surface area contributed by atoms with Crippen molar-refractivity contribution in [2.24, 2.45) is 0 Å². The van der Waals surface area contributed by atoms with Gasteiger partial charge in [-0.05, 0) is 35.9 Å². The molecule has 1 aromatic heterocycles. The minimum atomic E-state index is -1.09. The van der Waals surface area contributed by atoms with E-state index in [2.05, 4.69) is 4.98 Å². The topological polar surface area (TPSA) is 56.0 Å². The summed E-state index contributed by atoms with van der Waals surface area (Å²) < 4.78 is 12.4. The van der Waals surface area contributed by atoms with Gasteiger partial charge in [0.1, 0.15) is 0 Å². The maximum absolute atomic E-state index is 12.4. The van der Waals surface area contributed by atoms with Crippen LogP contribution >= 0.6 is 0 Å². The first-order valence-corrected chi connectivity index (χ1v) is 7.62. The molecule has 100 valence electrons. The summed E-state index contributed by atoms with van der Waals surface area (Å²) in [6.45, 7) is 0. The number of hydrogen-bond donors (Lipinski definition) is 1. The van der Waals surface area contributed by atoms with Gasteiger partial charge in [-0.2, -0.15) is 0 Å². The van der Waals surface area contributed by atoms with Gasteiger partial charge in [0.25, 0.3) is 0 Å². The molecule has 0 bridgehead atoms. The van der Waals surface area contributed by atoms with Crippen LogP contribution in [0, 0.1) is 0 Å². The Morgan fingerprint density at radius 3 is 2.55 bits per heavy atom. The molecule has 4 heteroatoms. The van der Waals surface area contributed by atoms with Gasteiger partial charge in [-0.15, -0.1) is 0 Å². The number of hydrogen-bond acceptors (Lipinski definition) is 3. The van der Waals surface area contributed by atoms with Crippen LogP contribution < -0.4 is 5.73 Å². The van der Waals surface area contributed by atoms with Crippen LogP contribution in [0.4, 0.5) is 5.69 Å². The van der Waals surface area contributed by atoms with Crippen molar-refractivity contribution in [3.8, 4) is 0 Å². The van der Waals surface area contributed by atoms with Gasteiger partial charge in [0, 0.05) is 22.2 Å². The lowest BCUT2D eigenvalue weighted by molar-refractivity contribution is 0.682. The summed E-state index contributed by atoms with van der Waals surface area (Å²) in [6, 6.07) is 17.0. The zero-order valence-corrected chi connectivity index (χ0v) is 11.6. The molecule has 3 nitrogen and oxygen atoms in total. The minimum absolute atomic E-state index is 0.457. The lowest BCUT2D eigenvalue weighted by Gasteiger charge is -2.06. The lowest BCUT2D eigenvalue weighted by Crippen LogP contribution is -1.98. The standard InChI is InChI=1S/C16H14N2OS/c17-14-6-8-15(9-7-14)20(19)11-13-4-1-3-12-5-2-10-18-16(12)13/h1-10H,11,17H2. The predicted molar refractivity (Wildman–Crippen MR) is 82.7 cm³/mol. The summed E-state index contributed by atoms with van der Waals surface area (Å²) in [5.74, 6) is 0.457. The lowest BCUT2D eigenvalue weighted by atomic mass is 10.1. The third kappa shape index (κ3) is 2.56. The van der Waals surface area contributed by atoms with Gasteiger partial charge in [0.2, 0.25) is 0 Å². The Morgan fingerprint density at radius 2 is 1.75 bits per heavy atom. The van der Waals surface area contributed by atoms with Crippen molar-refractivity contribution in [2.75, 3.05) is 5.73 Å². The van der Waals surface area contributed by atoms with E-state index in [0.717, 1.165) is 21.4 Å². The Kier molecular flexibility index (Phi) is 3.48. The molecule has 3 aromatic rings. The van der Waals surface area contributed by atoms with Crippen LogP contribution in [0.1, 0.15) is 5.56 Å². The van der Waals surface area contributed by atoms with E-state index < -0.39 is 10.8 Å². The van der Waals surface area contributed by atoms with Crippen molar-refractivity contribution < 1.29 is 4.21 Å². The highest BCUT2D eigenvalue weighted by atomic mass is 32.2. The molecule has 0 saturated heterocycles. The number of rotatable bonds is 3. The number of nitrogens with two attached hydrogens (primary N) is 1. The highest BCUT2D eigenvalue weighted by molar-refractivity contribution is 7.84. The molecule has 2 N–H and O–H groups in total. The fraction of sp³-hybridized carbons (Fsp3) is 0.0625. The molecule has 1 atom stereocenters. The van der Waals surface area contributed by atoms with Gasteiger partial charge in [-0.1, -0.05) is 24.3 Å². The molecule has 0 fully saturated rings. The second-order valence-corrected chi connectivity index (χ2v) is 6.00. The van der Waals surface area contributed by atoms with Gasteiger partial charge in [0.15, 0.2) is 0 Å². The number of fused-ring (bicyclic) bond motifs is 1. The summed E-state index contributed by atoms with van der Waals surface area (Å²) in [5.41, 5.74) is 8.24. The third-order valence-corrected chi connectivity index (χ3v) is 4.52. The largest absolute Gasteiger partial charge is 0.399 e. The van der Waals surface area contributed by atoms with E-state index >= 15 is 0 Å². The quantitative estimate of drug-likeness (QED) is 0.751. The molecule has 20 heavy (non-hydrogen) atoms. The van der Waals surface area contributed by atoms with Crippen LogP contribution in [-0.4, -0.2) is 9.19 Å². The molecule has 1 unspecified atom stereocenters. The zero-order chi connectivity index (χ0) is 13.9. The molecule has 0 radical (unpaired) electrons. The minimum Gasteiger partial charge on any atom is -0.399 e. The Balaban J connectivity index is 1.93. The van der Waals surface area contributed by atoms with Gasteiger partial charge < -0.3 is 5.73 Å².